The van der Waals surface area contributed by atoms with Crippen LogP contribution in [0.2, 0.25) is 0 Å². The monoisotopic (exact) mass is 269 g/mol. The summed E-state index contributed by atoms with van der Waals surface area (Å²) in [7, 11) is -2.86. The number of hydrogen-bond acceptors (Lipinski definition) is 3. The highest BCUT2D eigenvalue weighted by Crippen LogP contribution is 2.03. The minimum atomic E-state index is -2.86. The lowest BCUT2D eigenvalue weighted by molar-refractivity contribution is 0.235. The van der Waals surface area contributed by atoms with Crippen molar-refractivity contribution in [2.24, 2.45) is 0 Å². The predicted octanol–water partition coefficient (Wildman–Crippen LogP) is 2.15. The van der Waals surface area contributed by atoms with E-state index in [-0.39, 0.29) is 5.75 Å². The molecule has 98 valence electrons. The molecule has 0 aromatic rings. The van der Waals surface area contributed by atoms with Crippen molar-refractivity contribution in [3.8, 4) is 0 Å². The Labute approximate surface area is 105 Å². The quantitative estimate of drug-likeness (QED) is 0.602. The molecule has 5 heteroatoms. The van der Waals surface area contributed by atoms with Gasteiger partial charge in [-0.1, -0.05) is 6.92 Å². The van der Waals surface area contributed by atoms with E-state index in [0.717, 1.165) is 13.0 Å². The van der Waals surface area contributed by atoms with Gasteiger partial charge in [-0.2, -0.15) is 0 Å². The largest absolute Gasteiger partial charge is 0.300 e. The van der Waals surface area contributed by atoms with Gasteiger partial charge in [0.2, 0.25) is 0 Å². The number of halogens is 1. The molecule has 0 spiro atoms. The number of hydrogen-bond donors (Lipinski definition) is 0. The normalized spacial score (nSPS) is 12.6. The molecule has 0 saturated heterocycles. The topological polar surface area (TPSA) is 37.4 Å². The summed E-state index contributed by atoms with van der Waals surface area (Å²) in [6.07, 6.45) is 1.61. The third-order valence-corrected chi connectivity index (χ3v) is 4.62. The Morgan fingerprint density at radius 1 is 1.19 bits per heavy atom. The van der Waals surface area contributed by atoms with Crippen molar-refractivity contribution in [3.63, 3.8) is 0 Å². The van der Waals surface area contributed by atoms with Gasteiger partial charge < -0.3 is 0 Å². The maximum Gasteiger partial charge on any atom is 0.151 e. The van der Waals surface area contributed by atoms with Crippen LogP contribution in [0.4, 0.5) is 0 Å². The SMILES string of the molecule is CCCS(=O)(=O)CCN(CCCCl)C(C)C. The van der Waals surface area contributed by atoms with Gasteiger partial charge in [0, 0.05) is 24.2 Å². The third-order valence-electron chi connectivity index (χ3n) is 2.51. The highest BCUT2D eigenvalue weighted by Gasteiger charge is 2.14. The van der Waals surface area contributed by atoms with Crippen LogP contribution in [0.25, 0.3) is 0 Å². The Morgan fingerprint density at radius 2 is 1.81 bits per heavy atom. The molecule has 0 aliphatic carbocycles. The summed E-state index contributed by atoms with van der Waals surface area (Å²) in [5, 5.41) is 0. The highest BCUT2D eigenvalue weighted by molar-refractivity contribution is 7.91. The molecule has 0 radical (unpaired) electrons. The van der Waals surface area contributed by atoms with Crippen molar-refractivity contribution in [3.05, 3.63) is 0 Å². The molecule has 0 N–H and O–H groups in total. The van der Waals surface area contributed by atoms with Crippen LogP contribution in [-0.4, -0.2) is 49.8 Å². The smallest absolute Gasteiger partial charge is 0.151 e. The van der Waals surface area contributed by atoms with E-state index in [0.29, 0.717) is 30.6 Å². The second kappa shape index (κ2) is 8.31. The van der Waals surface area contributed by atoms with Crippen LogP contribution in [0.3, 0.4) is 0 Å². The molecule has 0 aliphatic heterocycles. The second-order valence-electron chi connectivity index (χ2n) is 4.32. The molecule has 0 unspecified atom stereocenters. The molecule has 0 fully saturated rings. The van der Waals surface area contributed by atoms with Crippen molar-refractivity contribution in [2.45, 2.75) is 39.7 Å². The van der Waals surface area contributed by atoms with Gasteiger partial charge in [-0.05, 0) is 33.2 Å². The van der Waals surface area contributed by atoms with Gasteiger partial charge in [0.05, 0.1) is 5.75 Å². The van der Waals surface area contributed by atoms with Gasteiger partial charge in [0.1, 0.15) is 0 Å². The molecule has 16 heavy (non-hydrogen) atoms. The first-order chi connectivity index (χ1) is 7.43. The zero-order valence-electron chi connectivity index (χ0n) is 10.6. The zero-order chi connectivity index (χ0) is 12.6. The van der Waals surface area contributed by atoms with Gasteiger partial charge in [-0.25, -0.2) is 8.42 Å². The summed E-state index contributed by atoms with van der Waals surface area (Å²) in [6.45, 7) is 7.56. The van der Waals surface area contributed by atoms with E-state index in [1.807, 2.05) is 6.92 Å². The van der Waals surface area contributed by atoms with Crippen LogP contribution in [-0.2, 0) is 9.84 Å². The maximum absolute atomic E-state index is 11.6. The van der Waals surface area contributed by atoms with Crippen LogP contribution < -0.4 is 0 Å². The Morgan fingerprint density at radius 3 is 2.25 bits per heavy atom. The van der Waals surface area contributed by atoms with Crippen LogP contribution >= 0.6 is 11.6 Å². The van der Waals surface area contributed by atoms with Crippen LogP contribution in [0.1, 0.15) is 33.6 Å². The van der Waals surface area contributed by atoms with E-state index in [9.17, 15) is 8.42 Å². The average molecular weight is 270 g/mol. The van der Waals surface area contributed by atoms with Crippen LogP contribution in [0.15, 0.2) is 0 Å². The first-order valence-corrected chi connectivity index (χ1v) is 8.29. The maximum atomic E-state index is 11.6. The fourth-order valence-corrected chi connectivity index (χ4v) is 3.02. The Bertz CT molecular complexity index is 265. The van der Waals surface area contributed by atoms with Crippen LogP contribution in [0, 0.1) is 0 Å². The molecule has 0 rings (SSSR count). The van der Waals surface area contributed by atoms with E-state index < -0.39 is 9.84 Å². The third kappa shape index (κ3) is 7.47. The number of nitrogens with zero attached hydrogens (tertiary/aromatic N) is 1. The molecule has 0 amide bonds. The molecule has 0 saturated carbocycles. The van der Waals surface area contributed by atoms with Crippen molar-refractivity contribution < 1.29 is 8.42 Å². The summed E-state index contributed by atoms with van der Waals surface area (Å²) in [4.78, 5) is 2.18. The molecule has 0 atom stereocenters. The van der Waals surface area contributed by atoms with E-state index in [1.165, 1.54) is 0 Å². The average Bonchev–Trinajstić information content (AvgIpc) is 2.17. The van der Waals surface area contributed by atoms with Crippen molar-refractivity contribution in [1.29, 1.82) is 0 Å². The van der Waals surface area contributed by atoms with Crippen LogP contribution in [0.5, 0.6) is 0 Å². The number of sulfone groups is 1. The predicted molar refractivity (Wildman–Crippen MR) is 71.0 cm³/mol. The summed E-state index contributed by atoms with van der Waals surface area (Å²) in [6, 6.07) is 0.375. The van der Waals surface area contributed by atoms with E-state index in [2.05, 4.69) is 18.7 Å². The summed E-state index contributed by atoms with van der Waals surface area (Å²) in [5.74, 6) is 1.20. The van der Waals surface area contributed by atoms with Gasteiger partial charge in [0.25, 0.3) is 0 Å². The van der Waals surface area contributed by atoms with Gasteiger partial charge in [0.15, 0.2) is 9.84 Å². The number of alkyl halides is 1. The lowest BCUT2D eigenvalue weighted by Gasteiger charge is -2.25. The summed E-state index contributed by atoms with van der Waals surface area (Å²) in [5.41, 5.74) is 0. The molecule has 0 aromatic carbocycles. The van der Waals surface area contributed by atoms with Gasteiger partial charge in [-0.15, -0.1) is 11.6 Å². The molecule has 0 aliphatic rings. The summed E-state index contributed by atoms with van der Waals surface area (Å²) < 4.78 is 23.2. The first kappa shape index (κ1) is 16.2. The van der Waals surface area contributed by atoms with E-state index >= 15 is 0 Å². The molecule has 0 heterocycles. The standard InChI is InChI=1S/C11H24ClNO2S/c1-4-9-16(14,15)10-8-13(11(2)3)7-5-6-12/h11H,4-10H2,1-3H3. The Balaban J connectivity index is 4.11. The van der Waals surface area contributed by atoms with Crippen molar-refractivity contribution in [2.75, 3.05) is 30.5 Å². The lowest BCUT2D eigenvalue weighted by Crippen LogP contribution is -2.36. The van der Waals surface area contributed by atoms with Gasteiger partial charge >= 0.3 is 0 Å². The second-order valence-corrected chi connectivity index (χ2v) is 7.01. The fraction of sp³-hybridized carbons (Fsp3) is 1.00. The van der Waals surface area contributed by atoms with E-state index in [4.69, 9.17) is 11.6 Å². The Hall–Kier alpha value is 0.200. The molecular formula is C11H24ClNO2S. The minimum absolute atomic E-state index is 0.265. The first-order valence-electron chi connectivity index (χ1n) is 5.93. The lowest BCUT2D eigenvalue weighted by atomic mass is 10.3. The number of rotatable bonds is 9. The van der Waals surface area contributed by atoms with E-state index in [1.54, 1.807) is 0 Å². The molecule has 0 aromatic heterocycles. The highest BCUT2D eigenvalue weighted by atomic mass is 35.5. The molecule has 3 nitrogen and oxygen atoms in total. The fourth-order valence-electron chi connectivity index (χ4n) is 1.56. The molecule has 0 bridgehead atoms. The van der Waals surface area contributed by atoms with Crippen molar-refractivity contribution >= 4 is 21.4 Å². The Kier molecular flexibility index (Phi) is 8.42. The zero-order valence-corrected chi connectivity index (χ0v) is 12.1. The summed E-state index contributed by atoms with van der Waals surface area (Å²) >= 11 is 5.65. The minimum Gasteiger partial charge on any atom is -0.300 e. The van der Waals surface area contributed by atoms with Gasteiger partial charge in [-0.3, -0.25) is 4.90 Å². The molecular weight excluding hydrogens is 246 g/mol. The van der Waals surface area contributed by atoms with Crippen molar-refractivity contribution in [1.82, 2.24) is 4.90 Å².